The van der Waals surface area contributed by atoms with E-state index in [1.165, 1.54) is 11.1 Å². The second-order valence-corrected chi connectivity index (χ2v) is 11.2. The molecule has 2 aromatic carbocycles. The largest absolute Gasteiger partial charge is 0.481 e. The Kier molecular flexibility index (Phi) is 8.92. The maximum atomic E-state index is 11.5. The third kappa shape index (κ3) is 5.74. The molecule has 0 amide bonds. The lowest BCUT2D eigenvalue weighted by atomic mass is 9.75. The monoisotopic (exact) mass is 552 g/mol. The van der Waals surface area contributed by atoms with Gasteiger partial charge in [-0.2, -0.15) is 9.84 Å². The molecule has 0 spiro atoms. The first-order valence-corrected chi connectivity index (χ1v) is 14.1. The zero-order valence-corrected chi connectivity index (χ0v) is 24.3. The van der Waals surface area contributed by atoms with Crippen molar-refractivity contribution < 1.29 is 24.0 Å². The Hall–Kier alpha value is -4.44. The number of rotatable bonds is 12. The van der Waals surface area contributed by atoms with Crippen LogP contribution < -0.4 is 4.90 Å². The first-order valence-electron chi connectivity index (χ1n) is 14.1. The lowest BCUT2D eigenvalue weighted by molar-refractivity contribution is -0.436. The molecule has 0 aromatic heterocycles. The van der Waals surface area contributed by atoms with Crippen LogP contribution in [0.1, 0.15) is 58.1 Å². The molecule has 212 valence electrons. The van der Waals surface area contributed by atoms with E-state index in [0.29, 0.717) is 25.1 Å². The van der Waals surface area contributed by atoms with Crippen LogP contribution in [0.3, 0.4) is 0 Å². The normalized spacial score (nSPS) is 20.3. The summed E-state index contributed by atoms with van der Waals surface area (Å²) in [4.78, 5) is 24.4. The summed E-state index contributed by atoms with van der Waals surface area (Å²) >= 11 is 0. The predicted molar refractivity (Wildman–Crippen MR) is 160 cm³/mol. The maximum absolute atomic E-state index is 11.5. The number of hydrogen-bond donors (Lipinski definition) is 1. The van der Waals surface area contributed by atoms with Crippen LogP contribution in [0.2, 0.25) is 0 Å². The Morgan fingerprint density at radius 1 is 1.12 bits per heavy atom. The number of aliphatic carboxylic acids is 1. The fourth-order valence-electron chi connectivity index (χ4n) is 6.27. The number of nitriles is 1. The number of para-hydroxylation sites is 2. The summed E-state index contributed by atoms with van der Waals surface area (Å²) in [5.74, 6) is -0.845. The van der Waals surface area contributed by atoms with Crippen molar-refractivity contribution in [2.24, 2.45) is 0 Å². The SMILES string of the molecule is CCCC1(C)C(/C=C/C(C#N)=C/C=C2/N(CCOC=O)c3ccccc3C2(C)C)=[N+](CCC(=O)O)c2ccccc21. The van der Waals surface area contributed by atoms with Crippen molar-refractivity contribution in [3.8, 4) is 6.07 Å². The molecule has 2 aliphatic rings. The summed E-state index contributed by atoms with van der Waals surface area (Å²) in [5, 5.41) is 19.5. The van der Waals surface area contributed by atoms with Crippen molar-refractivity contribution >= 4 is 29.5 Å². The Morgan fingerprint density at radius 2 is 1.83 bits per heavy atom. The second-order valence-electron chi connectivity index (χ2n) is 11.2. The highest BCUT2D eigenvalue weighted by atomic mass is 16.5. The van der Waals surface area contributed by atoms with E-state index in [4.69, 9.17) is 4.74 Å². The van der Waals surface area contributed by atoms with Crippen molar-refractivity contribution in [2.45, 2.75) is 57.8 Å². The van der Waals surface area contributed by atoms with E-state index in [0.717, 1.165) is 35.6 Å². The average molecular weight is 553 g/mol. The standard InChI is InChI=1S/C34H37N3O4/c1-5-19-34(4)27-11-7-9-13-29(27)36(20-18-32(39)40)31(34)17-15-25(23-35)14-16-30-33(2,3)26-10-6-8-12-28(26)37(30)21-22-41-24-38/h6-17,24H,5,18-22H2,1-4H3/p+1. The van der Waals surface area contributed by atoms with E-state index in [1.807, 2.05) is 54.6 Å². The molecule has 1 unspecified atom stereocenters. The molecule has 4 rings (SSSR count). The van der Waals surface area contributed by atoms with Gasteiger partial charge in [0.1, 0.15) is 13.0 Å². The molecule has 0 saturated heterocycles. The van der Waals surface area contributed by atoms with Crippen LogP contribution in [-0.2, 0) is 25.2 Å². The van der Waals surface area contributed by atoms with Crippen LogP contribution >= 0.6 is 0 Å². The summed E-state index contributed by atoms with van der Waals surface area (Å²) in [6.07, 6.45) is 9.48. The molecule has 41 heavy (non-hydrogen) atoms. The molecule has 1 atom stereocenters. The number of carbonyl (C=O) groups excluding carboxylic acids is 1. The Bertz CT molecular complexity index is 1490. The smallest absolute Gasteiger partial charge is 0.309 e. The number of hydrogen-bond acceptors (Lipinski definition) is 5. The van der Waals surface area contributed by atoms with Gasteiger partial charge in [0.2, 0.25) is 5.69 Å². The summed E-state index contributed by atoms with van der Waals surface area (Å²) < 4.78 is 7.10. The van der Waals surface area contributed by atoms with Gasteiger partial charge in [0.05, 0.1) is 23.6 Å². The molecule has 2 aliphatic heterocycles. The van der Waals surface area contributed by atoms with Crippen molar-refractivity contribution in [1.82, 2.24) is 0 Å². The van der Waals surface area contributed by atoms with Crippen LogP contribution in [0.5, 0.6) is 0 Å². The van der Waals surface area contributed by atoms with Gasteiger partial charge in [0.15, 0.2) is 12.3 Å². The van der Waals surface area contributed by atoms with Gasteiger partial charge >= 0.3 is 5.97 Å². The lowest BCUT2D eigenvalue weighted by Gasteiger charge is -2.26. The van der Waals surface area contributed by atoms with Gasteiger partial charge in [-0.3, -0.25) is 9.59 Å². The summed E-state index contributed by atoms with van der Waals surface area (Å²) in [6, 6.07) is 18.7. The molecular weight excluding hydrogens is 514 g/mol. The number of anilines is 1. The van der Waals surface area contributed by atoms with E-state index in [-0.39, 0.29) is 23.9 Å². The number of allylic oxidation sites excluding steroid dienone is 6. The topological polar surface area (TPSA) is 93.6 Å². The molecule has 2 aromatic rings. The first kappa shape index (κ1) is 29.5. The maximum Gasteiger partial charge on any atom is 0.309 e. The third-order valence-corrected chi connectivity index (χ3v) is 8.22. The van der Waals surface area contributed by atoms with E-state index < -0.39 is 5.97 Å². The van der Waals surface area contributed by atoms with Crippen molar-refractivity contribution in [3.05, 3.63) is 95.2 Å². The van der Waals surface area contributed by atoms with Gasteiger partial charge in [0, 0.05) is 34.5 Å². The van der Waals surface area contributed by atoms with Gasteiger partial charge in [-0.25, -0.2) is 0 Å². The van der Waals surface area contributed by atoms with Crippen molar-refractivity contribution in [2.75, 3.05) is 24.6 Å². The molecule has 0 radical (unpaired) electrons. The molecule has 0 bridgehead atoms. The van der Waals surface area contributed by atoms with Gasteiger partial charge in [-0.15, -0.1) is 0 Å². The zero-order valence-electron chi connectivity index (χ0n) is 24.3. The molecule has 0 saturated carbocycles. The lowest BCUT2D eigenvalue weighted by Crippen LogP contribution is -2.31. The Labute approximate surface area is 242 Å². The third-order valence-electron chi connectivity index (χ3n) is 8.22. The zero-order chi connectivity index (χ0) is 29.6. The minimum atomic E-state index is -0.845. The molecule has 7 nitrogen and oxygen atoms in total. The number of ether oxygens (including phenoxy) is 1. The predicted octanol–water partition coefficient (Wildman–Crippen LogP) is 6.18. The van der Waals surface area contributed by atoms with E-state index in [2.05, 4.69) is 61.4 Å². The molecular formula is C34H38N3O4+. The Balaban J connectivity index is 1.74. The highest BCUT2D eigenvalue weighted by Gasteiger charge is 2.47. The van der Waals surface area contributed by atoms with E-state index in [9.17, 15) is 20.0 Å². The molecule has 0 aliphatic carbocycles. The summed E-state index contributed by atoms with van der Waals surface area (Å²) in [5.41, 5.74) is 6.30. The van der Waals surface area contributed by atoms with Crippen LogP contribution in [0.4, 0.5) is 11.4 Å². The van der Waals surface area contributed by atoms with Crippen LogP contribution in [-0.4, -0.2) is 47.5 Å². The molecule has 7 heteroatoms. The van der Waals surface area contributed by atoms with Gasteiger partial charge < -0.3 is 14.7 Å². The number of carboxylic acid groups (broad SMARTS) is 1. The number of carboxylic acids is 1. The summed E-state index contributed by atoms with van der Waals surface area (Å²) in [7, 11) is 0. The minimum Gasteiger partial charge on any atom is -0.481 e. The summed E-state index contributed by atoms with van der Waals surface area (Å²) in [6.45, 7) is 10.2. The fraction of sp³-hybridized carbons (Fsp3) is 0.353. The number of nitrogens with zero attached hydrogens (tertiary/aromatic N) is 3. The molecule has 0 fully saturated rings. The van der Waals surface area contributed by atoms with E-state index >= 15 is 0 Å². The molecule has 1 N–H and O–H groups in total. The average Bonchev–Trinajstić information content (AvgIpc) is 3.32. The number of benzene rings is 2. The number of carbonyl (C=O) groups is 2. The van der Waals surface area contributed by atoms with Crippen LogP contribution in [0, 0.1) is 11.3 Å². The quantitative estimate of drug-likeness (QED) is 0.111. The fourth-order valence-corrected chi connectivity index (χ4v) is 6.27. The van der Waals surface area contributed by atoms with E-state index in [1.54, 1.807) is 0 Å². The highest BCUT2D eigenvalue weighted by molar-refractivity contribution is 6.03. The van der Waals surface area contributed by atoms with Crippen molar-refractivity contribution in [3.63, 3.8) is 0 Å². The number of fused-ring (bicyclic) bond motifs is 2. The van der Waals surface area contributed by atoms with Crippen LogP contribution in [0.15, 0.2) is 84.1 Å². The molecule has 2 heterocycles. The minimum absolute atomic E-state index is 0.0141. The van der Waals surface area contributed by atoms with Gasteiger partial charge in [-0.1, -0.05) is 63.6 Å². The second kappa shape index (κ2) is 12.4. The van der Waals surface area contributed by atoms with Gasteiger partial charge in [-0.05, 0) is 43.2 Å². The highest BCUT2D eigenvalue weighted by Crippen LogP contribution is 2.47. The Morgan fingerprint density at radius 3 is 2.51 bits per heavy atom. The van der Waals surface area contributed by atoms with Gasteiger partial charge in [0.25, 0.3) is 6.47 Å². The first-order chi connectivity index (χ1) is 19.7. The van der Waals surface area contributed by atoms with Crippen molar-refractivity contribution in [1.29, 1.82) is 5.26 Å². The van der Waals surface area contributed by atoms with Crippen LogP contribution in [0.25, 0.3) is 0 Å².